The van der Waals surface area contributed by atoms with Gasteiger partial charge in [-0.25, -0.2) is 0 Å². The molecule has 1 atom stereocenters. The molecule has 3 heteroatoms. The molecule has 1 aliphatic rings. The van der Waals surface area contributed by atoms with Crippen LogP contribution in [0.4, 0.5) is 0 Å². The highest BCUT2D eigenvalue weighted by atomic mass is 16.5. The zero-order valence-electron chi connectivity index (χ0n) is 8.58. The molecule has 0 aromatic rings. The lowest BCUT2D eigenvalue weighted by atomic mass is 10.2. The number of rotatable bonds is 2. The first-order valence-corrected chi connectivity index (χ1v) is 5.07. The molecule has 0 aromatic carbocycles. The van der Waals surface area contributed by atoms with Gasteiger partial charge in [0.05, 0.1) is 7.11 Å². The summed E-state index contributed by atoms with van der Waals surface area (Å²) in [5.74, 6) is -0.109. The van der Waals surface area contributed by atoms with E-state index in [0.717, 1.165) is 13.1 Å². The Morgan fingerprint density at radius 3 is 2.23 bits per heavy atom. The van der Waals surface area contributed by atoms with Gasteiger partial charge < -0.3 is 4.74 Å². The summed E-state index contributed by atoms with van der Waals surface area (Å²) in [7, 11) is 1.46. The molecule has 0 aromatic heterocycles. The maximum absolute atomic E-state index is 11.3. The third-order valence-corrected chi connectivity index (χ3v) is 2.73. The lowest BCUT2D eigenvalue weighted by Gasteiger charge is -2.25. The zero-order valence-corrected chi connectivity index (χ0v) is 8.58. The Balaban J connectivity index is 2.43. The quantitative estimate of drug-likeness (QED) is 0.609. The lowest BCUT2D eigenvalue weighted by molar-refractivity contribution is -0.146. The van der Waals surface area contributed by atoms with Crippen LogP contribution in [-0.2, 0) is 9.53 Å². The molecule has 76 valence electrons. The van der Waals surface area contributed by atoms with Gasteiger partial charge >= 0.3 is 5.97 Å². The number of hydrogen-bond acceptors (Lipinski definition) is 3. The van der Waals surface area contributed by atoms with Gasteiger partial charge in [-0.15, -0.1) is 0 Å². The van der Waals surface area contributed by atoms with Gasteiger partial charge in [-0.2, -0.15) is 0 Å². The molecule has 1 heterocycles. The Morgan fingerprint density at radius 2 is 1.77 bits per heavy atom. The van der Waals surface area contributed by atoms with E-state index in [1.807, 2.05) is 6.92 Å². The molecule has 0 spiro atoms. The van der Waals surface area contributed by atoms with Crippen molar-refractivity contribution in [3.63, 3.8) is 0 Å². The maximum Gasteiger partial charge on any atom is 0.322 e. The molecular formula is C10H19NO2. The summed E-state index contributed by atoms with van der Waals surface area (Å²) in [5.41, 5.74) is 0. The van der Waals surface area contributed by atoms with Gasteiger partial charge in [0.2, 0.25) is 0 Å². The van der Waals surface area contributed by atoms with Crippen molar-refractivity contribution in [2.45, 2.75) is 38.6 Å². The second kappa shape index (κ2) is 5.22. The molecular weight excluding hydrogens is 166 g/mol. The molecule has 0 bridgehead atoms. The Morgan fingerprint density at radius 1 is 1.23 bits per heavy atom. The van der Waals surface area contributed by atoms with E-state index in [1.165, 1.54) is 32.8 Å². The summed E-state index contributed by atoms with van der Waals surface area (Å²) in [4.78, 5) is 13.5. The third-order valence-electron chi connectivity index (χ3n) is 2.73. The Kier molecular flexibility index (Phi) is 4.22. The Bertz CT molecular complexity index is 162. The summed E-state index contributed by atoms with van der Waals surface area (Å²) in [5, 5.41) is 0. The van der Waals surface area contributed by atoms with E-state index in [2.05, 4.69) is 4.90 Å². The fraction of sp³-hybridized carbons (Fsp3) is 0.900. The molecule has 1 saturated heterocycles. The minimum absolute atomic E-state index is 0.0666. The average Bonchev–Trinajstić information content (AvgIpc) is 2.43. The second-order valence-electron chi connectivity index (χ2n) is 3.65. The van der Waals surface area contributed by atoms with Gasteiger partial charge in [0.15, 0.2) is 0 Å². The van der Waals surface area contributed by atoms with Crippen LogP contribution in [0.2, 0.25) is 0 Å². The second-order valence-corrected chi connectivity index (χ2v) is 3.65. The smallest absolute Gasteiger partial charge is 0.322 e. The normalized spacial score (nSPS) is 22.0. The van der Waals surface area contributed by atoms with Gasteiger partial charge in [-0.05, 0) is 32.9 Å². The molecule has 0 saturated carbocycles. The van der Waals surface area contributed by atoms with Crippen molar-refractivity contribution in [3.05, 3.63) is 0 Å². The highest BCUT2D eigenvalue weighted by molar-refractivity contribution is 5.75. The molecule has 1 rings (SSSR count). The Labute approximate surface area is 80.1 Å². The number of likely N-dealkylation sites (tertiary alicyclic amines) is 1. The zero-order chi connectivity index (χ0) is 9.68. The van der Waals surface area contributed by atoms with Crippen molar-refractivity contribution < 1.29 is 9.53 Å². The van der Waals surface area contributed by atoms with Crippen LogP contribution in [0, 0.1) is 0 Å². The third kappa shape index (κ3) is 2.99. The van der Waals surface area contributed by atoms with Crippen LogP contribution in [-0.4, -0.2) is 37.1 Å². The van der Waals surface area contributed by atoms with Crippen molar-refractivity contribution in [2.75, 3.05) is 20.2 Å². The van der Waals surface area contributed by atoms with E-state index in [-0.39, 0.29) is 12.0 Å². The SMILES string of the molecule is COC(=O)[C@H](C)N1CCCCCC1. The Hall–Kier alpha value is -0.570. The number of hydrogen-bond donors (Lipinski definition) is 0. The van der Waals surface area contributed by atoms with Crippen molar-refractivity contribution in [3.8, 4) is 0 Å². The first-order chi connectivity index (χ1) is 6.25. The standard InChI is InChI=1S/C10H19NO2/c1-9(10(12)13-2)11-7-5-3-4-6-8-11/h9H,3-8H2,1-2H3/t9-/m0/s1. The highest BCUT2D eigenvalue weighted by Gasteiger charge is 2.22. The monoisotopic (exact) mass is 185 g/mol. The van der Waals surface area contributed by atoms with E-state index >= 15 is 0 Å². The fourth-order valence-corrected chi connectivity index (χ4v) is 1.80. The highest BCUT2D eigenvalue weighted by Crippen LogP contribution is 2.12. The summed E-state index contributed by atoms with van der Waals surface area (Å²) < 4.78 is 4.73. The van der Waals surface area contributed by atoms with Gasteiger partial charge in [-0.3, -0.25) is 9.69 Å². The van der Waals surface area contributed by atoms with E-state index in [9.17, 15) is 4.79 Å². The summed E-state index contributed by atoms with van der Waals surface area (Å²) in [6.07, 6.45) is 5.01. The summed E-state index contributed by atoms with van der Waals surface area (Å²) >= 11 is 0. The summed E-state index contributed by atoms with van der Waals surface area (Å²) in [6, 6.07) is -0.0666. The molecule has 1 aliphatic heterocycles. The number of nitrogens with zero attached hydrogens (tertiary/aromatic N) is 1. The molecule has 0 amide bonds. The van der Waals surface area contributed by atoms with Crippen LogP contribution in [0.15, 0.2) is 0 Å². The molecule has 0 radical (unpaired) electrons. The van der Waals surface area contributed by atoms with E-state index in [0.29, 0.717) is 0 Å². The van der Waals surface area contributed by atoms with Gasteiger partial charge in [0.25, 0.3) is 0 Å². The predicted molar refractivity (Wildman–Crippen MR) is 51.5 cm³/mol. The maximum atomic E-state index is 11.3. The number of carbonyl (C=O) groups is 1. The largest absolute Gasteiger partial charge is 0.468 e. The lowest BCUT2D eigenvalue weighted by Crippen LogP contribution is -2.40. The van der Waals surface area contributed by atoms with Crippen LogP contribution in [0.3, 0.4) is 0 Å². The van der Waals surface area contributed by atoms with Crippen molar-refractivity contribution >= 4 is 5.97 Å². The molecule has 1 fully saturated rings. The van der Waals surface area contributed by atoms with Crippen LogP contribution >= 0.6 is 0 Å². The fourth-order valence-electron chi connectivity index (χ4n) is 1.80. The van der Waals surface area contributed by atoms with Gasteiger partial charge in [0, 0.05) is 0 Å². The van der Waals surface area contributed by atoms with E-state index in [4.69, 9.17) is 4.74 Å². The van der Waals surface area contributed by atoms with Crippen LogP contribution in [0.1, 0.15) is 32.6 Å². The van der Waals surface area contributed by atoms with Crippen molar-refractivity contribution in [2.24, 2.45) is 0 Å². The number of methoxy groups -OCH3 is 1. The van der Waals surface area contributed by atoms with Crippen molar-refractivity contribution in [1.82, 2.24) is 4.90 Å². The first kappa shape index (κ1) is 10.5. The molecule has 13 heavy (non-hydrogen) atoms. The number of ether oxygens (including phenoxy) is 1. The summed E-state index contributed by atoms with van der Waals surface area (Å²) in [6.45, 7) is 4.00. The average molecular weight is 185 g/mol. The van der Waals surface area contributed by atoms with E-state index < -0.39 is 0 Å². The minimum atomic E-state index is -0.109. The van der Waals surface area contributed by atoms with Crippen molar-refractivity contribution in [1.29, 1.82) is 0 Å². The van der Waals surface area contributed by atoms with Gasteiger partial charge in [0.1, 0.15) is 6.04 Å². The van der Waals surface area contributed by atoms with E-state index in [1.54, 1.807) is 0 Å². The first-order valence-electron chi connectivity index (χ1n) is 5.07. The number of esters is 1. The molecule has 0 aliphatic carbocycles. The van der Waals surface area contributed by atoms with Crippen LogP contribution < -0.4 is 0 Å². The number of carbonyl (C=O) groups excluding carboxylic acids is 1. The van der Waals surface area contributed by atoms with Crippen LogP contribution in [0.5, 0.6) is 0 Å². The minimum Gasteiger partial charge on any atom is -0.468 e. The predicted octanol–water partition coefficient (Wildman–Crippen LogP) is 1.42. The van der Waals surface area contributed by atoms with Gasteiger partial charge in [-0.1, -0.05) is 12.8 Å². The van der Waals surface area contributed by atoms with Crippen LogP contribution in [0.25, 0.3) is 0 Å². The molecule has 0 unspecified atom stereocenters. The topological polar surface area (TPSA) is 29.5 Å². The molecule has 0 N–H and O–H groups in total. The molecule has 3 nitrogen and oxygen atoms in total.